The third-order valence-electron chi connectivity index (χ3n) is 4.68. The highest BCUT2D eigenvalue weighted by molar-refractivity contribution is 6.32. The van der Waals surface area contributed by atoms with Crippen LogP contribution in [0.3, 0.4) is 0 Å². The van der Waals surface area contributed by atoms with E-state index in [1.807, 2.05) is 13.0 Å². The SMILES string of the molecule is CCOc1ccc(NC(=O)C2CC3CCCCC3N2)cc1Cl. The molecule has 3 unspecified atom stereocenters. The minimum absolute atomic E-state index is 0.0367. The molecule has 4 nitrogen and oxygen atoms in total. The van der Waals surface area contributed by atoms with Crippen LogP contribution in [0.25, 0.3) is 0 Å². The van der Waals surface area contributed by atoms with Crippen molar-refractivity contribution in [1.29, 1.82) is 0 Å². The largest absolute Gasteiger partial charge is 0.492 e. The summed E-state index contributed by atoms with van der Waals surface area (Å²) in [4.78, 5) is 12.4. The molecule has 22 heavy (non-hydrogen) atoms. The van der Waals surface area contributed by atoms with Crippen LogP contribution in [-0.4, -0.2) is 24.6 Å². The molecule has 1 saturated heterocycles. The molecule has 2 aliphatic rings. The number of nitrogens with one attached hydrogen (secondary N) is 2. The van der Waals surface area contributed by atoms with Crippen LogP contribution in [-0.2, 0) is 4.79 Å². The lowest BCUT2D eigenvalue weighted by Gasteiger charge is -2.24. The van der Waals surface area contributed by atoms with Gasteiger partial charge in [-0.15, -0.1) is 0 Å². The summed E-state index contributed by atoms with van der Waals surface area (Å²) < 4.78 is 5.40. The van der Waals surface area contributed by atoms with Crippen LogP contribution in [0.1, 0.15) is 39.0 Å². The molecule has 2 N–H and O–H groups in total. The Labute approximate surface area is 136 Å². The van der Waals surface area contributed by atoms with E-state index in [0.717, 1.165) is 12.1 Å². The number of carbonyl (C=O) groups excluding carboxylic acids is 1. The fourth-order valence-electron chi connectivity index (χ4n) is 3.60. The van der Waals surface area contributed by atoms with Crippen molar-refractivity contribution < 1.29 is 9.53 Å². The van der Waals surface area contributed by atoms with Crippen LogP contribution in [0.15, 0.2) is 18.2 Å². The van der Waals surface area contributed by atoms with E-state index in [4.69, 9.17) is 16.3 Å². The van der Waals surface area contributed by atoms with Gasteiger partial charge in [0.25, 0.3) is 0 Å². The van der Waals surface area contributed by atoms with Gasteiger partial charge >= 0.3 is 0 Å². The molecule has 1 amide bonds. The molecular formula is C17H23ClN2O2. The van der Waals surface area contributed by atoms with Crippen LogP contribution in [0.4, 0.5) is 5.69 Å². The smallest absolute Gasteiger partial charge is 0.241 e. The molecule has 0 aromatic heterocycles. The number of anilines is 1. The molecule has 2 fully saturated rings. The number of amides is 1. The maximum Gasteiger partial charge on any atom is 0.241 e. The Hall–Kier alpha value is -1.26. The van der Waals surface area contributed by atoms with Gasteiger partial charge in [-0.2, -0.15) is 0 Å². The predicted molar refractivity (Wildman–Crippen MR) is 88.5 cm³/mol. The third kappa shape index (κ3) is 3.39. The minimum Gasteiger partial charge on any atom is -0.492 e. The van der Waals surface area contributed by atoms with Crippen LogP contribution in [0, 0.1) is 5.92 Å². The molecule has 1 heterocycles. The number of halogens is 1. The van der Waals surface area contributed by atoms with Gasteiger partial charge in [0.2, 0.25) is 5.91 Å². The van der Waals surface area contributed by atoms with Gasteiger partial charge in [-0.25, -0.2) is 0 Å². The number of fused-ring (bicyclic) bond motifs is 1. The van der Waals surface area contributed by atoms with Crippen molar-refractivity contribution in [3.63, 3.8) is 0 Å². The Kier molecular flexibility index (Phi) is 4.89. The predicted octanol–water partition coefficient (Wildman–Crippen LogP) is 3.60. The number of rotatable bonds is 4. The number of hydrogen-bond acceptors (Lipinski definition) is 3. The lowest BCUT2D eigenvalue weighted by molar-refractivity contribution is -0.117. The van der Waals surface area contributed by atoms with Crippen molar-refractivity contribution in [2.75, 3.05) is 11.9 Å². The second kappa shape index (κ2) is 6.88. The summed E-state index contributed by atoms with van der Waals surface area (Å²) in [5.41, 5.74) is 0.718. The Balaban J connectivity index is 1.61. The van der Waals surface area contributed by atoms with Crippen molar-refractivity contribution >= 4 is 23.2 Å². The van der Waals surface area contributed by atoms with Crippen molar-refractivity contribution in [3.05, 3.63) is 23.2 Å². The maximum absolute atomic E-state index is 12.4. The molecule has 1 saturated carbocycles. The van der Waals surface area contributed by atoms with Gasteiger partial charge < -0.3 is 15.4 Å². The highest BCUT2D eigenvalue weighted by Crippen LogP contribution is 2.34. The maximum atomic E-state index is 12.4. The molecule has 1 aliphatic heterocycles. The average molecular weight is 323 g/mol. The van der Waals surface area contributed by atoms with Crippen molar-refractivity contribution in [2.45, 2.75) is 51.1 Å². The highest BCUT2D eigenvalue weighted by Gasteiger charge is 2.38. The zero-order chi connectivity index (χ0) is 15.5. The van der Waals surface area contributed by atoms with Crippen molar-refractivity contribution in [2.24, 2.45) is 5.92 Å². The fourth-order valence-corrected chi connectivity index (χ4v) is 3.84. The number of benzene rings is 1. The molecule has 3 atom stereocenters. The summed E-state index contributed by atoms with van der Waals surface area (Å²) in [6.45, 7) is 2.48. The molecule has 1 aromatic rings. The number of carbonyl (C=O) groups is 1. The Morgan fingerprint density at radius 2 is 2.23 bits per heavy atom. The number of hydrogen-bond donors (Lipinski definition) is 2. The second-order valence-electron chi connectivity index (χ2n) is 6.17. The van der Waals surface area contributed by atoms with Gasteiger partial charge in [-0.05, 0) is 50.3 Å². The highest BCUT2D eigenvalue weighted by atomic mass is 35.5. The van der Waals surface area contributed by atoms with E-state index in [-0.39, 0.29) is 11.9 Å². The molecule has 3 rings (SSSR count). The van der Waals surface area contributed by atoms with Crippen LogP contribution in [0.2, 0.25) is 5.02 Å². The van der Waals surface area contributed by atoms with E-state index in [9.17, 15) is 4.79 Å². The summed E-state index contributed by atoms with van der Waals surface area (Å²) in [5.74, 6) is 1.34. The lowest BCUT2D eigenvalue weighted by Crippen LogP contribution is -2.39. The van der Waals surface area contributed by atoms with E-state index < -0.39 is 0 Å². The van der Waals surface area contributed by atoms with Crippen molar-refractivity contribution in [3.8, 4) is 5.75 Å². The summed E-state index contributed by atoms with van der Waals surface area (Å²) in [7, 11) is 0. The molecule has 1 aromatic carbocycles. The van der Waals surface area contributed by atoms with Gasteiger partial charge in [0, 0.05) is 11.7 Å². The Bertz CT molecular complexity index is 535. The zero-order valence-electron chi connectivity index (χ0n) is 12.9. The molecule has 5 heteroatoms. The summed E-state index contributed by atoms with van der Waals surface area (Å²) in [6, 6.07) is 5.80. The minimum atomic E-state index is -0.0848. The van der Waals surface area contributed by atoms with E-state index in [1.54, 1.807) is 12.1 Å². The normalized spacial score (nSPS) is 27.3. The summed E-state index contributed by atoms with van der Waals surface area (Å²) >= 11 is 6.16. The monoisotopic (exact) mass is 322 g/mol. The van der Waals surface area contributed by atoms with E-state index in [2.05, 4.69) is 10.6 Å². The first-order valence-electron chi connectivity index (χ1n) is 8.16. The number of ether oxygens (including phenoxy) is 1. The molecule has 0 bridgehead atoms. The topological polar surface area (TPSA) is 50.4 Å². The first kappa shape index (κ1) is 15.6. The van der Waals surface area contributed by atoms with Crippen LogP contribution in [0.5, 0.6) is 5.75 Å². The molecule has 1 aliphatic carbocycles. The molecule has 0 radical (unpaired) electrons. The van der Waals surface area contributed by atoms with Gasteiger partial charge in [-0.3, -0.25) is 4.79 Å². The Morgan fingerprint density at radius 1 is 1.41 bits per heavy atom. The molecule has 0 spiro atoms. The van der Waals surface area contributed by atoms with E-state index >= 15 is 0 Å². The summed E-state index contributed by atoms with van der Waals surface area (Å²) in [5, 5.41) is 6.97. The standard InChI is InChI=1S/C17H23ClN2O2/c1-2-22-16-8-7-12(10-13(16)18)19-17(21)15-9-11-5-3-4-6-14(11)20-15/h7-8,10-11,14-15,20H,2-6,9H2,1H3,(H,19,21). The average Bonchev–Trinajstić information content (AvgIpc) is 2.94. The Morgan fingerprint density at radius 3 is 2.95 bits per heavy atom. The van der Waals surface area contributed by atoms with E-state index in [1.165, 1.54) is 25.7 Å². The first-order valence-corrected chi connectivity index (χ1v) is 8.54. The summed E-state index contributed by atoms with van der Waals surface area (Å²) in [6.07, 6.45) is 5.96. The third-order valence-corrected chi connectivity index (χ3v) is 4.97. The van der Waals surface area contributed by atoms with E-state index in [0.29, 0.717) is 29.3 Å². The van der Waals surface area contributed by atoms with Gasteiger partial charge in [0.1, 0.15) is 5.75 Å². The second-order valence-corrected chi connectivity index (χ2v) is 6.58. The van der Waals surface area contributed by atoms with Gasteiger partial charge in [0.05, 0.1) is 17.7 Å². The van der Waals surface area contributed by atoms with Crippen LogP contribution < -0.4 is 15.4 Å². The van der Waals surface area contributed by atoms with Crippen molar-refractivity contribution in [1.82, 2.24) is 5.32 Å². The zero-order valence-corrected chi connectivity index (χ0v) is 13.7. The molecular weight excluding hydrogens is 300 g/mol. The molecule has 120 valence electrons. The first-order chi connectivity index (χ1) is 10.7. The van der Waals surface area contributed by atoms with Gasteiger partial charge in [0.15, 0.2) is 0 Å². The fraction of sp³-hybridized carbons (Fsp3) is 0.588. The quantitative estimate of drug-likeness (QED) is 0.890. The lowest BCUT2D eigenvalue weighted by atomic mass is 9.85. The van der Waals surface area contributed by atoms with Gasteiger partial charge in [-0.1, -0.05) is 24.4 Å². The van der Waals surface area contributed by atoms with Crippen LogP contribution >= 0.6 is 11.6 Å².